The molecule has 3 nitrogen and oxygen atoms in total. The lowest BCUT2D eigenvalue weighted by molar-refractivity contribution is 0.403. The summed E-state index contributed by atoms with van der Waals surface area (Å²) in [6.07, 6.45) is 0. The van der Waals surface area contributed by atoms with Crippen LogP contribution in [0.15, 0.2) is 36.4 Å². The molecule has 4 heteroatoms. The summed E-state index contributed by atoms with van der Waals surface area (Å²) in [7, 11) is 1.69. The number of rotatable bonds is 4. The van der Waals surface area contributed by atoms with Crippen molar-refractivity contribution in [3.8, 4) is 5.75 Å². The van der Waals surface area contributed by atoms with Crippen LogP contribution in [0.25, 0.3) is 0 Å². The first-order valence-corrected chi connectivity index (χ1v) is 7.51. The van der Waals surface area contributed by atoms with E-state index < -0.39 is 0 Å². The number of ether oxygens (including phenoxy) is 1. The van der Waals surface area contributed by atoms with Gasteiger partial charge in [-0.2, -0.15) is 0 Å². The zero-order valence-electron chi connectivity index (χ0n) is 11.9. The molecule has 106 valence electrons. The van der Waals surface area contributed by atoms with Crippen molar-refractivity contribution in [1.82, 2.24) is 5.43 Å². The molecule has 2 aromatic rings. The number of aryl methyl sites for hydroxylation is 2. The predicted octanol–water partition coefficient (Wildman–Crippen LogP) is 3.47. The van der Waals surface area contributed by atoms with Crippen LogP contribution in [0.4, 0.5) is 0 Å². The highest BCUT2D eigenvalue weighted by atomic mass is 127. The van der Waals surface area contributed by atoms with Gasteiger partial charge in [0.2, 0.25) is 0 Å². The maximum Gasteiger partial charge on any atom is 0.124 e. The molecule has 2 rings (SSSR count). The molecule has 0 spiro atoms. The molecule has 0 fully saturated rings. The summed E-state index contributed by atoms with van der Waals surface area (Å²) in [5.74, 6) is 6.67. The number of halogens is 1. The number of hydrazine groups is 1. The average Bonchev–Trinajstić information content (AvgIpc) is 2.41. The van der Waals surface area contributed by atoms with Crippen molar-refractivity contribution in [2.75, 3.05) is 7.11 Å². The Morgan fingerprint density at radius 3 is 2.55 bits per heavy atom. The second-order valence-corrected chi connectivity index (χ2v) is 6.10. The van der Waals surface area contributed by atoms with E-state index in [1.54, 1.807) is 7.11 Å². The zero-order valence-corrected chi connectivity index (χ0v) is 14.1. The number of nitrogens with one attached hydrogen (secondary N) is 1. The Morgan fingerprint density at radius 2 is 1.95 bits per heavy atom. The third-order valence-corrected chi connectivity index (χ3v) is 4.02. The Labute approximate surface area is 133 Å². The number of methoxy groups -OCH3 is 1. The van der Waals surface area contributed by atoms with Crippen LogP contribution in [0.2, 0.25) is 0 Å². The summed E-state index contributed by atoms with van der Waals surface area (Å²) in [4.78, 5) is 0. The molecule has 0 aliphatic carbocycles. The van der Waals surface area contributed by atoms with Crippen molar-refractivity contribution in [3.63, 3.8) is 0 Å². The number of hydrogen-bond acceptors (Lipinski definition) is 3. The fourth-order valence-electron chi connectivity index (χ4n) is 2.51. The molecule has 0 saturated carbocycles. The van der Waals surface area contributed by atoms with Gasteiger partial charge >= 0.3 is 0 Å². The van der Waals surface area contributed by atoms with E-state index in [1.165, 1.54) is 14.7 Å². The van der Waals surface area contributed by atoms with Crippen LogP contribution in [0.1, 0.15) is 28.3 Å². The van der Waals surface area contributed by atoms with Crippen molar-refractivity contribution >= 4 is 22.6 Å². The molecule has 0 amide bonds. The summed E-state index contributed by atoms with van der Waals surface area (Å²) in [6.45, 7) is 4.15. The van der Waals surface area contributed by atoms with Gasteiger partial charge in [0.05, 0.1) is 13.2 Å². The molecular weight excluding hydrogens is 363 g/mol. The smallest absolute Gasteiger partial charge is 0.124 e. The Balaban J connectivity index is 2.57. The standard InChI is InChI=1S/C16H19IN2O/c1-10-7-11(2)15(14(8-10)20-3)16(19-18)12-5-4-6-13(17)9-12/h4-9,16,19H,18H2,1-3H3. The molecule has 0 aliphatic rings. The van der Waals surface area contributed by atoms with E-state index in [0.717, 1.165) is 16.9 Å². The lowest BCUT2D eigenvalue weighted by Gasteiger charge is -2.22. The van der Waals surface area contributed by atoms with Gasteiger partial charge in [0.1, 0.15) is 5.75 Å². The molecular formula is C16H19IN2O. The monoisotopic (exact) mass is 382 g/mol. The first-order chi connectivity index (χ1) is 9.56. The van der Waals surface area contributed by atoms with Crippen molar-refractivity contribution in [1.29, 1.82) is 0 Å². The number of benzene rings is 2. The topological polar surface area (TPSA) is 47.3 Å². The second-order valence-electron chi connectivity index (χ2n) is 4.85. The quantitative estimate of drug-likeness (QED) is 0.484. The Hall–Kier alpha value is -1.11. The van der Waals surface area contributed by atoms with Crippen LogP contribution >= 0.6 is 22.6 Å². The Morgan fingerprint density at radius 1 is 1.20 bits per heavy atom. The highest BCUT2D eigenvalue weighted by Crippen LogP contribution is 2.33. The summed E-state index contributed by atoms with van der Waals surface area (Å²) in [6, 6.07) is 12.4. The van der Waals surface area contributed by atoms with E-state index in [1.807, 2.05) is 12.1 Å². The van der Waals surface area contributed by atoms with E-state index in [0.29, 0.717) is 0 Å². The molecule has 1 unspecified atom stereocenters. The molecule has 0 radical (unpaired) electrons. The molecule has 0 aliphatic heterocycles. The Bertz CT molecular complexity index is 613. The van der Waals surface area contributed by atoms with Crippen molar-refractivity contribution < 1.29 is 4.74 Å². The highest BCUT2D eigenvalue weighted by Gasteiger charge is 2.20. The van der Waals surface area contributed by atoms with Crippen LogP contribution in [-0.4, -0.2) is 7.11 Å². The molecule has 1 atom stereocenters. The molecule has 0 aromatic heterocycles. The van der Waals surface area contributed by atoms with Gasteiger partial charge in [-0.1, -0.05) is 18.2 Å². The van der Waals surface area contributed by atoms with Gasteiger partial charge in [-0.3, -0.25) is 5.84 Å². The second kappa shape index (κ2) is 6.56. The van der Waals surface area contributed by atoms with Gasteiger partial charge in [0.15, 0.2) is 0 Å². The normalized spacial score (nSPS) is 12.2. The molecule has 0 saturated heterocycles. The molecule has 0 heterocycles. The van der Waals surface area contributed by atoms with Crippen LogP contribution in [0, 0.1) is 17.4 Å². The number of nitrogens with two attached hydrogens (primary N) is 1. The van der Waals surface area contributed by atoms with Crippen molar-refractivity contribution in [3.05, 3.63) is 62.2 Å². The predicted molar refractivity (Wildman–Crippen MR) is 90.8 cm³/mol. The third-order valence-electron chi connectivity index (χ3n) is 3.35. The van der Waals surface area contributed by atoms with E-state index in [9.17, 15) is 0 Å². The van der Waals surface area contributed by atoms with E-state index in [2.05, 4.69) is 66.1 Å². The van der Waals surface area contributed by atoms with E-state index in [-0.39, 0.29) is 6.04 Å². The summed E-state index contributed by atoms with van der Waals surface area (Å²) in [5.41, 5.74) is 7.48. The van der Waals surface area contributed by atoms with Gasteiger partial charge in [-0.25, -0.2) is 5.43 Å². The SMILES string of the molecule is COc1cc(C)cc(C)c1C(NN)c1cccc(I)c1. The minimum atomic E-state index is -0.0831. The first kappa shape index (κ1) is 15.3. The lowest BCUT2D eigenvalue weighted by atomic mass is 9.93. The Kier molecular flexibility index (Phi) is 5.01. The number of hydrogen-bond donors (Lipinski definition) is 2. The van der Waals surface area contributed by atoms with Crippen LogP contribution in [-0.2, 0) is 0 Å². The van der Waals surface area contributed by atoms with Gasteiger partial charge < -0.3 is 4.74 Å². The van der Waals surface area contributed by atoms with Gasteiger partial charge in [-0.15, -0.1) is 0 Å². The summed E-state index contributed by atoms with van der Waals surface area (Å²) < 4.78 is 6.73. The summed E-state index contributed by atoms with van der Waals surface area (Å²) in [5, 5.41) is 0. The molecule has 3 N–H and O–H groups in total. The largest absolute Gasteiger partial charge is 0.496 e. The van der Waals surface area contributed by atoms with Crippen LogP contribution in [0.5, 0.6) is 5.75 Å². The molecule has 2 aromatic carbocycles. The minimum Gasteiger partial charge on any atom is -0.496 e. The van der Waals surface area contributed by atoms with Crippen LogP contribution in [0.3, 0.4) is 0 Å². The van der Waals surface area contributed by atoms with Gasteiger partial charge in [0.25, 0.3) is 0 Å². The molecule has 20 heavy (non-hydrogen) atoms. The van der Waals surface area contributed by atoms with Gasteiger partial charge in [-0.05, 0) is 71.3 Å². The average molecular weight is 382 g/mol. The van der Waals surface area contributed by atoms with Gasteiger partial charge in [0, 0.05) is 9.13 Å². The zero-order chi connectivity index (χ0) is 14.7. The summed E-state index contributed by atoms with van der Waals surface area (Å²) >= 11 is 2.31. The van der Waals surface area contributed by atoms with E-state index in [4.69, 9.17) is 10.6 Å². The van der Waals surface area contributed by atoms with Crippen LogP contribution < -0.4 is 16.0 Å². The molecule has 0 bridgehead atoms. The highest BCUT2D eigenvalue weighted by molar-refractivity contribution is 14.1. The van der Waals surface area contributed by atoms with Crippen molar-refractivity contribution in [2.24, 2.45) is 5.84 Å². The first-order valence-electron chi connectivity index (χ1n) is 6.43. The third kappa shape index (κ3) is 3.13. The lowest BCUT2D eigenvalue weighted by Crippen LogP contribution is -2.29. The van der Waals surface area contributed by atoms with E-state index >= 15 is 0 Å². The maximum atomic E-state index is 5.81. The fourth-order valence-corrected chi connectivity index (χ4v) is 3.08. The minimum absolute atomic E-state index is 0.0831. The fraction of sp³-hybridized carbons (Fsp3) is 0.250. The van der Waals surface area contributed by atoms with Crippen molar-refractivity contribution in [2.45, 2.75) is 19.9 Å². The maximum absolute atomic E-state index is 5.81.